The van der Waals surface area contributed by atoms with E-state index < -0.39 is 4.92 Å². The van der Waals surface area contributed by atoms with Gasteiger partial charge in [-0.05, 0) is 44.6 Å². The summed E-state index contributed by atoms with van der Waals surface area (Å²) in [5, 5.41) is 11.3. The summed E-state index contributed by atoms with van der Waals surface area (Å²) in [6, 6.07) is 1.73. The zero-order valence-corrected chi connectivity index (χ0v) is 11.9. The summed E-state index contributed by atoms with van der Waals surface area (Å²) < 4.78 is 5.54. The number of benzene rings is 1. The topological polar surface area (TPSA) is 55.6 Å². The molecule has 0 amide bonds. The fraction of sp³-hybridized carbons (Fsp3) is 0.417. The van der Waals surface area contributed by atoms with E-state index in [1.165, 1.54) is 0 Å². The molecular weight excluding hydrogens is 252 g/mol. The third-order valence-electron chi connectivity index (χ3n) is 2.60. The Bertz CT molecular complexity index is 513. The maximum atomic E-state index is 11.0. The Morgan fingerprint density at radius 1 is 1.33 bits per heavy atom. The lowest BCUT2D eigenvalue weighted by Gasteiger charge is -2.17. The quantitative estimate of drug-likeness (QED) is 0.469. The van der Waals surface area contributed by atoms with Gasteiger partial charge in [-0.25, -0.2) is 0 Å². The van der Waals surface area contributed by atoms with E-state index in [-0.39, 0.29) is 10.9 Å². The number of hydrogen-bond donors (Lipinski definition) is 0. The fourth-order valence-corrected chi connectivity index (χ4v) is 1.86. The molecule has 0 bridgehead atoms. The molecule has 0 atom stereocenters. The Balaban J connectivity index is 3.32. The zero-order valence-electron chi connectivity index (χ0n) is 11.1. The molecule has 6 heteroatoms. The minimum atomic E-state index is -0.393. The molecule has 1 aromatic rings. The summed E-state index contributed by atoms with van der Waals surface area (Å²) in [4.78, 5) is 12.3. The van der Waals surface area contributed by atoms with E-state index in [1.807, 2.05) is 6.92 Å². The first-order valence-corrected chi connectivity index (χ1v) is 5.80. The van der Waals surface area contributed by atoms with Crippen molar-refractivity contribution < 1.29 is 9.66 Å². The van der Waals surface area contributed by atoms with E-state index in [4.69, 9.17) is 17.0 Å². The molecule has 1 aromatic carbocycles. The molecule has 1 rings (SSSR count). The first kappa shape index (κ1) is 14.4. The van der Waals surface area contributed by atoms with Gasteiger partial charge in [0.1, 0.15) is 5.75 Å². The predicted octanol–water partition coefficient (Wildman–Crippen LogP) is 2.75. The number of nitrogens with zero attached hydrogens (tertiary/aromatic N) is 2. The van der Waals surface area contributed by atoms with Crippen molar-refractivity contribution in [3.63, 3.8) is 0 Å². The smallest absolute Gasteiger partial charge is 0.278 e. The van der Waals surface area contributed by atoms with E-state index in [0.29, 0.717) is 16.9 Å². The van der Waals surface area contributed by atoms with Crippen molar-refractivity contribution in [1.29, 1.82) is 0 Å². The molecule has 0 heterocycles. The third kappa shape index (κ3) is 2.76. The minimum Gasteiger partial charge on any atom is -0.431 e. The molecule has 0 saturated carbocycles. The summed E-state index contributed by atoms with van der Waals surface area (Å²) in [6.07, 6.45) is 0. The first-order chi connectivity index (χ1) is 8.25. The van der Waals surface area contributed by atoms with Gasteiger partial charge in [-0.3, -0.25) is 10.1 Å². The molecule has 0 aliphatic rings. The maximum absolute atomic E-state index is 11.0. The van der Waals surface area contributed by atoms with Crippen molar-refractivity contribution in [3.05, 3.63) is 32.9 Å². The zero-order chi connectivity index (χ0) is 14.0. The van der Waals surface area contributed by atoms with Gasteiger partial charge >= 0.3 is 0 Å². The van der Waals surface area contributed by atoms with Crippen LogP contribution in [0.3, 0.4) is 0 Å². The molecule has 0 saturated heterocycles. The molecule has 0 unspecified atom stereocenters. The summed E-state index contributed by atoms with van der Waals surface area (Å²) >= 11 is 5.05. The largest absolute Gasteiger partial charge is 0.431 e. The maximum Gasteiger partial charge on any atom is 0.278 e. The minimum absolute atomic E-state index is 0.0807. The number of ether oxygens (including phenoxy) is 1. The molecule has 0 N–H and O–H groups in total. The molecule has 0 aliphatic heterocycles. The molecule has 18 heavy (non-hydrogen) atoms. The molecule has 0 fully saturated rings. The second-order valence-corrected chi connectivity index (χ2v) is 4.68. The van der Waals surface area contributed by atoms with Gasteiger partial charge in [-0.1, -0.05) is 0 Å². The lowest BCUT2D eigenvalue weighted by molar-refractivity contribution is -0.386. The fourth-order valence-electron chi connectivity index (χ4n) is 1.77. The van der Waals surface area contributed by atoms with Crippen LogP contribution in [0.1, 0.15) is 16.7 Å². The second-order valence-electron chi connectivity index (χ2n) is 4.33. The van der Waals surface area contributed by atoms with E-state index in [2.05, 4.69) is 0 Å². The van der Waals surface area contributed by atoms with Crippen LogP contribution in [0.5, 0.6) is 5.75 Å². The molecule has 0 aromatic heterocycles. The lowest BCUT2D eigenvalue weighted by atomic mass is 10.0. The Kier molecular flexibility index (Phi) is 4.24. The summed E-state index contributed by atoms with van der Waals surface area (Å²) in [5.41, 5.74) is 2.04. The van der Waals surface area contributed by atoms with Crippen molar-refractivity contribution in [2.75, 3.05) is 14.1 Å². The van der Waals surface area contributed by atoms with Gasteiger partial charge in [0.25, 0.3) is 10.9 Å². The normalized spacial score (nSPS) is 10.1. The van der Waals surface area contributed by atoms with Crippen LogP contribution in [0, 0.1) is 30.9 Å². The van der Waals surface area contributed by atoms with Crippen LogP contribution >= 0.6 is 12.2 Å². The van der Waals surface area contributed by atoms with Gasteiger partial charge in [0.05, 0.1) is 10.5 Å². The van der Waals surface area contributed by atoms with Crippen molar-refractivity contribution >= 4 is 23.1 Å². The molecule has 5 nitrogen and oxygen atoms in total. The highest BCUT2D eigenvalue weighted by Gasteiger charge is 2.21. The van der Waals surface area contributed by atoms with Crippen LogP contribution in [0.25, 0.3) is 0 Å². The van der Waals surface area contributed by atoms with Crippen molar-refractivity contribution in [2.24, 2.45) is 0 Å². The monoisotopic (exact) mass is 268 g/mol. The van der Waals surface area contributed by atoms with Gasteiger partial charge in [-0.2, -0.15) is 0 Å². The van der Waals surface area contributed by atoms with E-state index >= 15 is 0 Å². The number of aryl methyl sites for hydroxylation is 2. The van der Waals surface area contributed by atoms with Gasteiger partial charge in [-0.15, -0.1) is 0 Å². The van der Waals surface area contributed by atoms with Crippen LogP contribution in [0.2, 0.25) is 0 Å². The Morgan fingerprint density at radius 3 is 2.33 bits per heavy atom. The van der Waals surface area contributed by atoms with Crippen LogP contribution in [0.4, 0.5) is 5.69 Å². The van der Waals surface area contributed by atoms with Gasteiger partial charge in [0, 0.05) is 19.7 Å². The highest BCUT2D eigenvalue weighted by Crippen LogP contribution is 2.34. The molecule has 0 radical (unpaired) electrons. The molecular formula is C12H16N2O3S. The van der Waals surface area contributed by atoms with E-state index in [9.17, 15) is 10.1 Å². The summed E-state index contributed by atoms with van der Waals surface area (Å²) in [5.74, 6) is 0.464. The van der Waals surface area contributed by atoms with Crippen LogP contribution in [0.15, 0.2) is 6.07 Å². The standard InChI is InChI=1S/C12H16N2O3S/c1-7-6-8(2)11(17-12(18)13(4)5)9(3)10(7)14(15)16/h6H,1-5H3. The molecule has 98 valence electrons. The Morgan fingerprint density at radius 2 is 1.89 bits per heavy atom. The third-order valence-corrected chi connectivity index (χ3v) is 3.05. The molecule has 0 aliphatic carbocycles. The van der Waals surface area contributed by atoms with E-state index in [0.717, 1.165) is 5.56 Å². The number of nitro benzene ring substituents is 1. The number of hydrogen-bond acceptors (Lipinski definition) is 4. The van der Waals surface area contributed by atoms with Crippen molar-refractivity contribution in [3.8, 4) is 5.75 Å². The number of nitro groups is 1. The average Bonchev–Trinajstić information content (AvgIpc) is 2.22. The van der Waals surface area contributed by atoms with Crippen LogP contribution < -0.4 is 4.74 Å². The first-order valence-electron chi connectivity index (χ1n) is 5.40. The second kappa shape index (κ2) is 5.30. The van der Waals surface area contributed by atoms with Gasteiger partial charge in [0.2, 0.25) is 0 Å². The summed E-state index contributed by atoms with van der Waals surface area (Å²) in [6.45, 7) is 5.23. The molecule has 0 spiro atoms. The lowest BCUT2D eigenvalue weighted by Crippen LogP contribution is -2.25. The van der Waals surface area contributed by atoms with E-state index in [1.54, 1.807) is 38.9 Å². The average molecular weight is 268 g/mol. The van der Waals surface area contributed by atoms with Crippen LogP contribution in [-0.4, -0.2) is 29.1 Å². The summed E-state index contributed by atoms with van der Waals surface area (Å²) in [7, 11) is 3.52. The SMILES string of the molecule is Cc1cc(C)c([N+](=O)[O-])c(C)c1OC(=S)N(C)C. The van der Waals surface area contributed by atoms with Crippen molar-refractivity contribution in [1.82, 2.24) is 4.90 Å². The van der Waals surface area contributed by atoms with Crippen molar-refractivity contribution in [2.45, 2.75) is 20.8 Å². The number of rotatable bonds is 2. The number of thiocarbonyl (C=S) groups is 1. The highest BCUT2D eigenvalue weighted by molar-refractivity contribution is 7.80. The Hall–Kier alpha value is -1.69. The Labute approximate surface area is 112 Å². The van der Waals surface area contributed by atoms with Gasteiger partial charge < -0.3 is 9.64 Å². The van der Waals surface area contributed by atoms with Crippen LogP contribution in [-0.2, 0) is 0 Å². The van der Waals surface area contributed by atoms with Gasteiger partial charge in [0.15, 0.2) is 0 Å². The highest BCUT2D eigenvalue weighted by atomic mass is 32.1. The predicted molar refractivity (Wildman–Crippen MR) is 74.2 cm³/mol.